The summed E-state index contributed by atoms with van der Waals surface area (Å²) in [5.41, 5.74) is 47.6. The molecule has 11 aromatic carbocycles. The van der Waals surface area contributed by atoms with E-state index in [0.717, 1.165) is 96.6 Å². The number of aryl methyl sites for hydroxylation is 6. The molecule has 2 unspecified atom stereocenters. The summed E-state index contributed by atoms with van der Waals surface area (Å²) >= 11 is 0. The van der Waals surface area contributed by atoms with Crippen LogP contribution < -0.4 is 21.3 Å². The maximum atomic E-state index is 6.70. The second-order valence-corrected chi connectivity index (χ2v) is 30.8. The molecule has 4 nitrogen and oxygen atoms in total. The molecule has 0 bridgehead atoms. The summed E-state index contributed by atoms with van der Waals surface area (Å²) in [6, 6.07) is 88.0. The Hall–Kier alpha value is -9.06. The monoisotopic (exact) mass is 1350 g/mol. The predicted molar refractivity (Wildman–Crippen MR) is 444 cm³/mol. The molecule has 0 fully saturated rings. The van der Waals surface area contributed by atoms with E-state index in [4.69, 9.17) is 11.5 Å². The molecular weight excluding hydrogens is 1230 g/mol. The molecule has 2 atom stereocenters. The van der Waals surface area contributed by atoms with Crippen molar-refractivity contribution < 1.29 is 0 Å². The highest BCUT2D eigenvalue weighted by atomic mass is 15.1. The molecule has 0 aliphatic carbocycles. The van der Waals surface area contributed by atoms with E-state index in [1.54, 1.807) is 0 Å². The molecule has 0 aromatic heterocycles. The predicted octanol–water partition coefficient (Wildman–Crippen LogP) is 27.7. The number of rotatable bonds is 30. The molecular formula is C98H114N4. The van der Waals surface area contributed by atoms with E-state index in [2.05, 4.69) is 337 Å². The summed E-state index contributed by atoms with van der Waals surface area (Å²) in [6.45, 7) is 31.6. The first-order valence-electron chi connectivity index (χ1n) is 38.5. The number of nitrogens with two attached hydrogens (primary N) is 2. The summed E-state index contributed by atoms with van der Waals surface area (Å²) in [5, 5.41) is 0. The zero-order chi connectivity index (χ0) is 72.2. The molecule has 4 N–H and O–H groups in total. The van der Waals surface area contributed by atoms with Gasteiger partial charge >= 0.3 is 0 Å². The maximum absolute atomic E-state index is 6.70. The average Bonchev–Trinajstić information content (AvgIpc) is 0.770. The van der Waals surface area contributed by atoms with Gasteiger partial charge in [-0.05, 0) is 300 Å². The second-order valence-electron chi connectivity index (χ2n) is 30.8. The van der Waals surface area contributed by atoms with E-state index < -0.39 is 0 Å². The molecule has 0 saturated carbocycles. The summed E-state index contributed by atoms with van der Waals surface area (Å²) in [4.78, 5) is 4.88. The number of nitrogens with zero attached hydrogens (tertiary/aromatic N) is 2. The minimum absolute atomic E-state index is 0.361. The Balaban J connectivity index is 0.982. The molecule has 0 spiro atoms. The van der Waals surface area contributed by atoms with E-state index in [0.29, 0.717) is 11.8 Å². The normalized spacial score (nSPS) is 12.8. The van der Waals surface area contributed by atoms with Gasteiger partial charge in [-0.3, -0.25) is 0 Å². The SMILES string of the molecule is CCCCCCc1cc(-c2ccc(N(c3ccc(-c4ccc(C(C)(N)CC)cc4)cc3)c3ccc(-c4c(C)cc(CC(C)C)cc4C)cc3)cc2C)c(CCCCCC)cc1-c1ccc(N(c2ccc(-c3ccc(CC(C)C)cc3)cc2)c2ccc(-c3ccc(C(C)(N)CC)cc3)cc2)cc1C. The van der Waals surface area contributed by atoms with Crippen LogP contribution in [0, 0.1) is 39.5 Å². The molecule has 11 rings (SSSR count). The van der Waals surface area contributed by atoms with Crippen LogP contribution in [0.5, 0.6) is 0 Å². The first-order chi connectivity index (χ1) is 49.1. The molecule has 526 valence electrons. The van der Waals surface area contributed by atoms with E-state index in [1.807, 2.05) is 0 Å². The van der Waals surface area contributed by atoms with E-state index in [9.17, 15) is 0 Å². The highest BCUT2D eigenvalue weighted by molar-refractivity contribution is 5.87. The molecule has 0 aliphatic heterocycles. The Labute approximate surface area is 614 Å². The Kier molecular flexibility index (Phi) is 24.3. The van der Waals surface area contributed by atoms with Crippen LogP contribution in [-0.4, -0.2) is 0 Å². The quantitative estimate of drug-likeness (QED) is 0.0441. The molecule has 0 amide bonds. The third-order valence-electron chi connectivity index (χ3n) is 21.6. The van der Waals surface area contributed by atoms with Crippen molar-refractivity contribution in [2.24, 2.45) is 23.3 Å². The lowest BCUT2D eigenvalue weighted by Gasteiger charge is -2.28. The molecule has 0 saturated heterocycles. The summed E-state index contributed by atoms with van der Waals surface area (Å²) in [6.07, 6.45) is 15.6. The van der Waals surface area contributed by atoms with Gasteiger partial charge in [-0.1, -0.05) is 252 Å². The lowest BCUT2D eigenvalue weighted by molar-refractivity contribution is 0.476. The summed E-state index contributed by atoms with van der Waals surface area (Å²) in [5.74, 6) is 1.23. The minimum atomic E-state index is -0.362. The fraction of sp³-hybridized carbons (Fsp3) is 0.327. The number of hydrogen-bond donors (Lipinski definition) is 2. The Morgan fingerprint density at radius 3 is 0.922 bits per heavy atom. The number of benzene rings is 11. The summed E-state index contributed by atoms with van der Waals surface area (Å²) in [7, 11) is 0. The van der Waals surface area contributed by atoms with Crippen LogP contribution >= 0.6 is 0 Å². The van der Waals surface area contributed by atoms with Gasteiger partial charge in [-0.15, -0.1) is 0 Å². The van der Waals surface area contributed by atoms with Crippen LogP contribution in [0.3, 0.4) is 0 Å². The van der Waals surface area contributed by atoms with Crippen molar-refractivity contribution in [2.45, 2.75) is 198 Å². The van der Waals surface area contributed by atoms with Crippen LogP contribution in [0.4, 0.5) is 34.1 Å². The lowest BCUT2D eigenvalue weighted by atomic mass is 9.84. The van der Waals surface area contributed by atoms with Gasteiger partial charge in [0.2, 0.25) is 0 Å². The standard InChI is InChI=1S/C98H114N4/c1-15-19-21-23-25-82-66-95(93-58-56-91(64-70(93)10)102(88-51-39-80(40-52-88)77-33-45-85(46-34-77)98(14,100)18-4)89-53-41-81(42-54-89)96-71(11)61-74(60-68(7)8)62-72(96)12)83(26-24-22-20-16-2)65-94(82)92-57-55-90(63-69(92)9)101(86-47-35-78(36-48-86)75-29-27-73(28-30-75)59-67(5)6)87-49-37-79(38-50-87)76-31-43-84(44-32-76)97(13,99)17-3/h27-58,61-68H,15-26,59-60,99-100H2,1-14H3. The number of hydrogen-bond acceptors (Lipinski definition) is 4. The van der Waals surface area contributed by atoms with Crippen LogP contribution in [0.15, 0.2) is 231 Å². The average molecular weight is 1350 g/mol. The highest BCUT2D eigenvalue weighted by Gasteiger charge is 2.24. The highest BCUT2D eigenvalue weighted by Crippen LogP contribution is 2.45. The molecule has 4 heteroatoms. The number of unbranched alkanes of at least 4 members (excludes halogenated alkanes) is 6. The van der Waals surface area contributed by atoms with E-state index in [1.165, 1.54) is 150 Å². The zero-order valence-electron chi connectivity index (χ0n) is 64.0. The van der Waals surface area contributed by atoms with Crippen molar-refractivity contribution in [3.8, 4) is 66.8 Å². The first-order valence-corrected chi connectivity index (χ1v) is 38.5. The summed E-state index contributed by atoms with van der Waals surface area (Å²) < 4.78 is 0. The van der Waals surface area contributed by atoms with Crippen LogP contribution in [-0.2, 0) is 36.8 Å². The van der Waals surface area contributed by atoms with Crippen molar-refractivity contribution in [2.75, 3.05) is 9.80 Å². The first kappa shape index (κ1) is 74.1. The van der Waals surface area contributed by atoms with Gasteiger partial charge in [0.1, 0.15) is 0 Å². The molecule has 11 aromatic rings. The van der Waals surface area contributed by atoms with Crippen molar-refractivity contribution in [1.29, 1.82) is 0 Å². The topological polar surface area (TPSA) is 58.5 Å². The van der Waals surface area contributed by atoms with Crippen LogP contribution in [0.1, 0.15) is 189 Å². The third kappa shape index (κ3) is 17.5. The van der Waals surface area contributed by atoms with Gasteiger partial charge in [0.05, 0.1) is 0 Å². The van der Waals surface area contributed by atoms with Gasteiger partial charge in [-0.25, -0.2) is 0 Å². The van der Waals surface area contributed by atoms with Crippen molar-refractivity contribution in [1.82, 2.24) is 0 Å². The minimum Gasteiger partial charge on any atom is -0.322 e. The van der Waals surface area contributed by atoms with Crippen molar-refractivity contribution in [3.05, 3.63) is 286 Å². The second kappa shape index (κ2) is 33.4. The van der Waals surface area contributed by atoms with E-state index >= 15 is 0 Å². The van der Waals surface area contributed by atoms with Crippen molar-refractivity contribution in [3.63, 3.8) is 0 Å². The number of anilines is 6. The molecule has 0 radical (unpaired) electrons. The maximum Gasteiger partial charge on any atom is 0.0464 e. The van der Waals surface area contributed by atoms with Gasteiger partial charge in [-0.2, -0.15) is 0 Å². The third-order valence-corrected chi connectivity index (χ3v) is 21.6. The molecule has 0 aliphatic rings. The fourth-order valence-electron chi connectivity index (χ4n) is 15.2. The lowest BCUT2D eigenvalue weighted by Crippen LogP contribution is -2.31. The van der Waals surface area contributed by atoms with Crippen molar-refractivity contribution >= 4 is 34.1 Å². The van der Waals surface area contributed by atoms with Crippen LogP contribution in [0.2, 0.25) is 0 Å². The largest absolute Gasteiger partial charge is 0.322 e. The Bertz CT molecular complexity index is 4530. The molecule has 0 heterocycles. The fourth-order valence-corrected chi connectivity index (χ4v) is 15.2. The zero-order valence-corrected chi connectivity index (χ0v) is 64.0. The smallest absolute Gasteiger partial charge is 0.0464 e. The van der Waals surface area contributed by atoms with Gasteiger partial charge in [0, 0.05) is 45.2 Å². The van der Waals surface area contributed by atoms with Gasteiger partial charge < -0.3 is 21.3 Å². The Morgan fingerprint density at radius 1 is 0.304 bits per heavy atom. The van der Waals surface area contributed by atoms with Gasteiger partial charge in [0.15, 0.2) is 0 Å². The molecule has 102 heavy (non-hydrogen) atoms. The van der Waals surface area contributed by atoms with Gasteiger partial charge in [0.25, 0.3) is 0 Å². The van der Waals surface area contributed by atoms with Crippen LogP contribution in [0.25, 0.3) is 66.8 Å². The van der Waals surface area contributed by atoms with E-state index in [-0.39, 0.29) is 11.1 Å². The Morgan fingerprint density at radius 2 is 0.608 bits per heavy atom.